The Labute approximate surface area is 125 Å². The smallest absolute Gasteiger partial charge is 0.251 e. The van der Waals surface area contributed by atoms with Crippen molar-refractivity contribution in [1.82, 2.24) is 5.32 Å². The number of carbonyl (C=O) groups excluding carboxylic acids is 1. The van der Waals surface area contributed by atoms with Crippen LogP contribution in [0.4, 0.5) is 0 Å². The first-order valence-electron chi connectivity index (χ1n) is 7.34. The number of benzene rings is 1. The summed E-state index contributed by atoms with van der Waals surface area (Å²) in [5.74, 6) is 1.07. The van der Waals surface area contributed by atoms with Crippen molar-refractivity contribution in [3.05, 3.63) is 23.8 Å². The molecule has 1 saturated carbocycles. The monoisotopic (exact) mass is 293 g/mol. The normalized spacial score (nSPS) is 15.4. The van der Waals surface area contributed by atoms with E-state index in [-0.39, 0.29) is 17.9 Å². The molecule has 1 aromatic rings. The summed E-state index contributed by atoms with van der Waals surface area (Å²) < 4.78 is 10.7. The number of aliphatic hydroxyl groups excluding tert-OH is 1. The summed E-state index contributed by atoms with van der Waals surface area (Å²) >= 11 is 0. The standard InChI is InChI=1S/C16H23NO4/c1-3-21-14-10-12(4-5-13(14)20-2)15(19)17-11-16(6-7-16)8-9-18/h4-5,10,18H,3,6-9,11H2,1-2H3,(H,17,19). The lowest BCUT2D eigenvalue weighted by Crippen LogP contribution is -2.30. The van der Waals surface area contributed by atoms with Gasteiger partial charge in [-0.1, -0.05) is 0 Å². The summed E-state index contributed by atoms with van der Waals surface area (Å²) in [5, 5.41) is 12.0. The fourth-order valence-corrected chi connectivity index (χ4v) is 2.39. The van der Waals surface area contributed by atoms with Gasteiger partial charge in [0.05, 0.1) is 13.7 Å². The lowest BCUT2D eigenvalue weighted by atomic mass is 10.0. The molecule has 21 heavy (non-hydrogen) atoms. The quantitative estimate of drug-likeness (QED) is 0.769. The molecule has 5 heteroatoms. The van der Waals surface area contributed by atoms with Crippen molar-refractivity contribution in [1.29, 1.82) is 0 Å². The van der Waals surface area contributed by atoms with Crippen LogP contribution in [0.25, 0.3) is 0 Å². The molecular weight excluding hydrogens is 270 g/mol. The predicted molar refractivity (Wildman–Crippen MR) is 79.9 cm³/mol. The topological polar surface area (TPSA) is 67.8 Å². The first kappa shape index (κ1) is 15.6. The number of carbonyl (C=O) groups is 1. The van der Waals surface area contributed by atoms with Crippen molar-refractivity contribution in [2.45, 2.75) is 26.2 Å². The number of hydrogen-bond donors (Lipinski definition) is 2. The van der Waals surface area contributed by atoms with Crippen LogP contribution in [-0.4, -0.2) is 37.9 Å². The number of aliphatic hydroxyl groups is 1. The first-order chi connectivity index (χ1) is 10.1. The number of ether oxygens (including phenoxy) is 2. The minimum atomic E-state index is -0.122. The SMILES string of the molecule is CCOc1cc(C(=O)NCC2(CCO)CC2)ccc1OC. The molecule has 0 spiro atoms. The average Bonchev–Trinajstić information content (AvgIpc) is 3.25. The van der Waals surface area contributed by atoms with Gasteiger partial charge in [0, 0.05) is 18.7 Å². The van der Waals surface area contributed by atoms with Crippen LogP contribution in [0, 0.1) is 5.41 Å². The third-order valence-electron chi connectivity index (χ3n) is 3.95. The van der Waals surface area contributed by atoms with E-state index in [0.29, 0.717) is 30.2 Å². The molecule has 1 fully saturated rings. The molecule has 0 radical (unpaired) electrons. The number of hydrogen-bond acceptors (Lipinski definition) is 4. The fraction of sp³-hybridized carbons (Fsp3) is 0.562. The fourth-order valence-electron chi connectivity index (χ4n) is 2.39. The van der Waals surface area contributed by atoms with Gasteiger partial charge >= 0.3 is 0 Å². The molecule has 0 heterocycles. The predicted octanol–water partition coefficient (Wildman–Crippen LogP) is 1.99. The van der Waals surface area contributed by atoms with Gasteiger partial charge in [0.1, 0.15) is 0 Å². The second-order valence-electron chi connectivity index (χ2n) is 5.45. The third kappa shape index (κ3) is 3.88. The number of methoxy groups -OCH3 is 1. The Hall–Kier alpha value is -1.75. The van der Waals surface area contributed by atoms with Crippen molar-refractivity contribution in [3.63, 3.8) is 0 Å². The highest BCUT2D eigenvalue weighted by Gasteiger charge is 2.41. The van der Waals surface area contributed by atoms with Crippen LogP contribution in [-0.2, 0) is 0 Å². The van der Waals surface area contributed by atoms with Gasteiger partial charge in [-0.05, 0) is 49.8 Å². The van der Waals surface area contributed by atoms with E-state index < -0.39 is 0 Å². The van der Waals surface area contributed by atoms with Gasteiger partial charge in [0.25, 0.3) is 5.91 Å². The van der Waals surface area contributed by atoms with E-state index in [9.17, 15) is 4.79 Å². The summed E-state index contributed by atoms with van der Waals surface area (Å²) in [7, 11) is 1.57. The lowest BCUT2D eigenvalue weighted by Gasteiger charge is -2.15. The van der Waals surface area contributed by atoms with Crippen molar-refractivity contribution >= 4 is 5.91 Å². The largest absolute Gasteiger partial charge is 0.493 e. The molecule has 0 bridgehead atoms. The molecule has 0 saturated heterocycles. The molecule has 2 rings (SSSR count). The van der Waals surface area contributed by atoms with Crippen LogP contribution in [0.1, 0.15) is 36.5 Å². The zero-order chi connectivity index (χ0) is 15.3. The molecule has 0 aliphatic heterocycles. The summed E-state index contributed by atoms with van der Waals surface area (Å²) in [4.78, 5) is 12.2. The highest BCUT2D eigenvalue weighted by molar-refractivity contribution is 5.94. The van der Waals surface area contributed by atoms with Crippen LogP contribution in [0.2, 0.25) is 0 Å². The second kappa shape index (κ2) is 6.80. The van der Waals surface area contributed by atoms with Gasteiger partial charge < -0.3 is 19.9 Å². The van der Waals surface area contributed by atoms with E-state index in [2.05, 4.69) is 5.32 Å². The summed E-state index contributed by atoms with van der Waals surface area (Å²) in [6.07, 6.45) is 2.89. The lowest BCUT2D eigenvalue weighted by molar-refractivity contribution is 0.0940. The molecule has 5 nitrogen and oxygen atoms in total. The van der Waals surface area contributed by atoms with E-state index in [1.54, 1.807) is 25.3 Å². The molecule has 1 aromatic carbocycles. The van der Waals surface area contributed by atoms with E-state index in [1.165, 1.54) is 0 Å². The number of nitrogens with one attached hydrogen (secondary N) is 1. The summed E-state index contributed by atoms with van der Waals surface area (Å²) in [6, 6.07) is 5.16. The Bertz CT molecular complexity index is 497. The van der Waals surface area contributed by atoms with Crippen LogP contribution in [0.15, 0.2) is 18.2 Å². The van der Waals surface area contributed by atoms with Crippen molar-refractivity contribution in [2.24, 2.45) is 5.41 Å². The van der Waals surface area contributed by atoms with E-state index in [4.69, 9.17) is 14.6 Å². The Morgan fingerprint density at radius 2 is 2.14 bits per heavy atom. The van der Waals surface area contributed by atoms with Gasteiger partial charge in [0.2, 0.25) is 0 Å². The number of rotatable bonds is 8. The van der Waals surface area contributed by atoms with Crippen LogP contribution in [0.5, 0.6) is 11.5 Å². The molecule has 1 aliphatic rings. The zero-order valence-corrected chi connectivity index (χ0v) is 12.6. The van der Waals surface area contributed by atoms with Gasteiger partial charge in [-0.25, -0.2) is 0 Å². The first-order valence-corrected chi connectivity index (χ1v) is 7.34. The van der Waals surface area contributed by atoms with Gasteiger partial charge in [-0.2, -0.15) is 0 Å². The maximum Gasteiger partial charge on any atom is 0.251 e. The summed E-state index contributed by atoms with van der Waals surface area (Å²) in [5.41, 5.74) is 0.665. The number of amides is 1. The van der Waals surface area contributed by atoms with E-state index in [0.717, 1.165) is 19.3 Å². The Morgan fingerprint density at radius 3 is 2.71 bits per heavy atom. The Balaban J connectivity index is 2.00. The molecule has 116 valence electrons. The molecule has 0 aromatic heterocycles. The van der Waals surface area contributed by atoms with Crippen molar-refractivity contribution < 1.29 is 19.4 Å². The van der Waals surface area contributed by atoms with Crippen molar-refractivity contribution in [2.75, 3.05) is 26.9 Å². The molecule has 0 unspecified atom stereocenters. The van der Waals surface area contributed by atoms with Gasteiger partial charge in [0.15, 0.2) is 11.5 Å². The van der Waals surface area contributed by atoms with Crippen LogP contribution >= 0.6 is 0 Å². The van der Waals surface area contributed by atoms with E-state index >= 15 is 0 Å². The minimum absolute atomic E-state index is 0.111. The Kier molecular flexibility index (Phi) is 5.07. The zero-order valence-electron chi connectivity index (χ0n) is 12.6. The average molecular weight is 293 g/mol. The highest BCUT2D eigenvalue weighted by Crippen LogP contribution is 2.47. The molecule has 1 amide bonds. The minimum Gasteiger partial charge on any atom is -0.493 e. The summed E-state index contributed by atoms with van der Waals surface area (Å²) in [6.45, 7) is 3.19. The van der Waals surface area contributed by atoms with Crippen LogP contribution in [0.3, 0.4) is 0 Å². The van der Waals surface area contributed by atoms with Gasteiger partial charge in [-0.3, -0.25) is 4.79 Å². The highest BCUT2D eigenvalue weighted by atomic mass is 16.5. The maximum atomic E-state index is 12.2. The van der Waals surface area contributed by atoms with Gasteiger partial charge in [-0.15, -0.1) is 0 Å². The van der Waals surface area contributed by atoms with Crippen LogP contribution < -0.4 is 14.8 Å². The molecule has 2 N–H and O–H groups in total. The third-order valence-corrected chi connectivity index (χ3v) is 3.95. The molecule has 1 aliphatic carbocycles. The maximum absolute atomic E-state index is 12.2. The van der Waals surface area contributed by atoms with E-state index in [1.807, 2.05) is 6.92 Å². The second-order valence-corrected chi connectivity index (χ2v) is 5.45. The molecular formula is C16H23NO4. The van der Waals surface area contributed by atoms with Crippen molar-refractivity contribution in [3.8, 4) is 11.5 Å². The Morgan fingerprint density at radius 1 is 1.38 bits per heavy atom. The molecule has 0 atom stereocenters.